The van der Waals surface area contributed by atoms with Crippen LogP contribution in [0.1, 0.15) is 0 Å². The molecule has 0 heterocycles. The molecule has 1 aromatic carbocycles. The minimum Gasteiger partial charge on any atom is -0.453 e. The molecule has 0 unspecified atom stereocenters. The Hall–Kier alpha value is -1.65. The van der Waals surface area contributed by atoms with Gasteiger partial charge in [-0.15, -0.1) is 0 Å². The number of benzene rings is 1. The molecule has 0 aromatic heterocycles. The maximum absolute atomic E-state index is 12.8. The molecule has 0 aliphatic heterocycles. The highest BCUT2D eigenvalue weighted by Gasteiger charge is 2.06. The van der Waals surface area contributed by atoms with Crippen molar-refractivity contribution in [2.75, 3.05) is 12.4 Å². The van der Waals surface area contributed by atoms with Crippen LogP contribution >= 0.6 is 0 Å². The van der Waals surface area contributed by atoms with Gasteiger partial charge in [0, 0.05) is 6.07 Å². The molecular weight excluding hydrogens is 180 g/mol. The SMILES string of the molecule is COC(=O)Nc1cc(F)ccc1F. The van der Waals surface area contributed by atoms with Crippen molar-refractivity contribution in [3.8, 4) is 0 Å². The lowest BCUT2D eigenvalue weighted by Crippen LogP contribution is -2.12. The number of rotatable bonds is 1. The van der Waals surface area contributed by atoms with E-state index in [-0.39, 0.29) is 5.69 Å². The van der Waals surface area contributed by atoms with Crippen LogP contribution in [0, 0.1) is 11.6 Å². The van der Waals surface area contributed by atoms with Gasteiger partial charge in [0.05, 0.1) is 12.8 Å². The van der Waals surface area contributed by atoms with Crippen molar-refractivity contribution in [2.45, 2.75) is 0 Å². The van der Waals surface area contributed by atoms with Gasteiger partial charge in [-0.2, -0.15) is 0 Å². The quantitative estimate of drug-likeness (QED) is 0.731. The lowest BCUT2D eigenvalue weighted by atomic mass is 10.3. The third-order valence-corrected chi connectivity index (χ3v) is 1.35. The maximum Gasteiger partial charge on any atom is 0.411 e. The summed E-state index contributed by atoms with van der Waals surface area (Å²) >= 11 is 0. The summed E-state index contributed by atoms with van der Waals surface area (Å²) in [5.41, 5.74) is -0.244. The Morgan fingerprint density at radius 3 is 2.77 bits per heavy atom. The molecule has 0 spiro atoms. The standard InChI is InChI=1S/C8H7F2NO2/c1-13-8(12)11-7-4-5(9)2-3-6(7)10/h2-4H,1H3,(H,11,12). The summed E-state index contributed by atoms with van der Waals surface area (Å²) in [4.78, 5) is 10.6. The second-order valence-electron chi connectivity index (χ2n) is 2.24. The third kappa shape index (κ3) is 2.40. The molecule has 0 aliphatic rings. The van der Waals surface area contributed by atoms with E-state index in [0.717, 1.165) is 25.3 Å². The number of carbonyl (C=O) groups excluding carboxylic acids is 1. The minimum absolute atomic E-state index is 0.244. The van der Waals surface area contributed by atoms with Gasteiger partial charge in [-0.25, -0.2) is 13.6 Å². The van der Waals surface area contributed by atoms with Crippen LogP contribution in [0.4, 0.5) is 19.3 Å². The molecule has 1 rings (SSSR count). The summed E-state index contributed by atoms with van der Waals surface area (Å²) in [5.74, 6) is -1.35. The van der Waals surface area contributed by atoms with Crippen LogP contribution in [0.25, 0.3) is 0 Å². The molecule has 1 amide bonds. The first-order valence-electron chi connectivity index (χ1n) is 3.43. The van der Waals surface area contributed by atoms with Crippen LogP contribution in [-0.4, -0.2) is 13.2 Å². The molecule has 0 aliphatic carbocycles. The molecule has 0 atom stereocenters. The molecule has 1 N–H and O–H groups in total. The fraction of sp³-hybridized carbons (Fsp3) is 0.125. The lowest BCUT2D eigenvalue weighted by Gasteiger charge is -2.04. The minimum atomic E-state index is -0.843. The Bertz CT molecular complexity index is 328. The van der Waals surface area contributed by atoms with Gasteiger partial charge in [0.25, 0.3) is 0 Å². The zero-order valence-corrected chi connectivity index (χ0v) is 6.80. The first-order valence-corrected chi connectivity index (χ1v) is 3.43. The Balaban J connectivity index is 2.87. The average molecular weight is 187 g/mol. The first kappa shape index (κ1) is 9.44. The predicted molar refractivity (Wildman–Crippen MR) is 42.4 cm³/mol. The Morgan fingerprint density at radius 1 is 1.46 bits per heavy atom. The molecule has 1 aromatic rings. The van der Waals surface area contributed by atoms with E-state index >= 15 is 0 Å². The summed E-state index contributed by atoms with van der Waals surface area (Å²) in [6.07, 6.45) is -0.843. The predicted octanol–water partition coefficient (Wildman–Crippen LogP) is 2.14. The highest BCUT2D eigenvalue weighted by molar-refractivity contribution is 5.84. The topological polar surface area (TPSA) is 38.3 Å². The summed E-state index contributed by atoms with van der Waals surface area (Å²) < 4.78 is 29.6. The molecular formula is C8H7F2NO2. The van der Waals surface area contributed by atoms with Crippen LogP contribution in [0.2, 0.25) is 0 Å². The fourth-order valence-electron chi connectivity index (χ4n) is 0.754. The average Bonchev–Trinajstić information content (AvgIpc) is 2.11. The number of amides is 1. The van der Waals surface area contributed by atoms with Gasteiger partial charge in [-0.05, 0) is 12.1 Å². The van der Waals surface area contributed by atoms with Crippen molar-refractivity contribution in [1.82, 2.24) is 0 Å². The zero-order chi connectivity index (χ0) is 9.84. The van der Waals surface area contributed by atoms with Crippen molar-refractivity contribution in [3.63, 3.8) is 0 Å². The summed E-state index contributed by atoms with van der Waals surface area (Å²) in [6, 6.07) is 2.74. The van der Waals surface area contributed by atoms with Gasteiger partial charge in [-0.1, -0.05) is 0 Å². The molecule has 0 bridgehead atoms. The fourth-order valence-corrected chi connectivity index (χ4v) is 0.754. The van der Waals surface area contributed by atoms with Gasteiger partial charge < -0.3 is 4.74 Å². The van der Waals surface area contributed by atoms with Gasteiger partial charge in [-0.3, -0.25) is 5.32 Å². The third-order valence-electron chi connectivity index (χ3n) is 1.35. The van der Waals surface area contributed by atoms with Crippen molar-refractivity contribution >= 4 is 11.8 Å². The molecule has 0 fully saturated rings. The van der Waals surface area contributed by atoms with Gasteiger partial charge in [0.1, 0.15) is 11.6 Å². The van der Waals surface area contributed by atoms with E-state index in [2.05, 4.69) is 4.74 Å². The van der Waals surface area contributed by atoms with Crippen LogP contribution in [0.15, 0.2) is 18.2 Å². The maximum atomic E-state index is 12.8. The molecule has 0 saturated heterocycles. The van der Waals surface area contributed by atoms with Crippen LogP contribution in [-0.2, 0) is 4.74 Å². The molecule has 13 heavy (non-hydrogen) atoms. The number of hydrogen-bond donors (Lipinski definition) is 1. The number of anilines is 1. The Kier molecular flexibility index (Phi) is 2.79. The molecule has 0 saturated carbocycles. The van der Waals surface area contributed by atoms with Gasteiger partial charge >= 0.3 is 6.09 Å². The second-order valence-corrected chi connectivity index (χ2v) is 2.24. The van der Waals surface area contributed by atoms with E-state index in [0.29, 0.717) is 0 Å². The highest BCUT2D eigenvalue weighted by atomic mass is 19.1. The largest absolute Gasteiger partial charge is 0.453 e. The van der Waals surface area contributed by atoms with Gasteiger partial charge in [0.15, 0.2) is 0 Å². The van der Waals surface area contributed by atoms with Crippen molar-refractivity contribution in [2.24, 2.45) is 0 Å². The number of methoxy groups -OCH3 is 1. The van der Waals surface area contributed by atoms with Crippen LogP contribution in [0.5, 0.6) is 0 Å². The number of ether oxygens (including phenoxy) is 1. The van der Waals surface area contributed by atoms with E-state index < -0.39 is 17.7 Å². The van der Waals surface area contributed by atoms with Crippen molar-refractivity contribution < 1.29 is 18.3 Å². The molecule has 3 nitrogen and oxygen atoms in total. The number of carbonyl (C=O) groups is 1. The van der Waals surface area contributed by atoms with Gasteiger partial charge in [0.2, 0.25) is 0 Å². The number of halogens is 2. The van der Waals surface area contributed by atoms with E-state index in [9.17, 15) is 13.6 Å². The number of nitrogens with one attached hydrogen (secondary N) is 1. The Labute approximate surface area is 73.3 Å². The summed E-state index contributed by atoms with van der Waals surface area (Å²) in [5, 5.41) is 2.02. The normalized spacial score (nSPS) is 9.46. The molecule has 5 heteroatoms. The second kappa shape index (κ2) is 3.84. The van der Waals surface area contributed by atoms with E-state index in [4.69, 9.17) is 0 Å². The van der Waals surface area contributed by atoms with E-state index in [1.807, 2.05) is 5.32 Å². The highest BCUT2D eigenvalue weighted by Crippen LogP contribution is 2.14. The van der Waals surface area contributed by atoms with Crippen molar-refractivity contribution in [1.29, 1.82) is 0 Å². The van der Waals surface area contributed by atoms with E-state index in [1.54, 1.807) is 0 Å². The summed E-state index contributed by atoms with van der Waals surface area (Å²) in [6.45, 7) is 0. The smallest absolute Gasteiger partial charge is 0.411 e. The van der Waals surface area contributed by atoms with Crippen LogP contribution in [0.3, 0.4) is 0 Å². The number of hydrogen-bond acceptors (Lipinski definition) is 2. The Morgan fingerprint density at radius 2 is 2.15 bits per heavy atom. The van der Waals surface area contributed by atoms with Crippen LogP contribution < -0.4 is 5.32 Å². The lowest BCUT2D eigenvalue weighted by molar-refractivity contribution is 0.187. The monoisotopic (exact) mass is 187 g/mol. The molecule has 70 valence electrons. The first-order chi connectivity index (χ1) is 6.13. The van der Waals surface area contributed by atoms with Crippen molar-refractivity contribution in [3.05, 3.63) is 29.8 Å². The summed E-state index contributed by atoms with van der Waals surface area (Å²) in [7, 11) is 1.13. The zero-order valence-electron chi connectivity index (χ0n) is 6.80. The molecule has 0 radical (unpaired) electrons. The van der Waals surface area contributed by atoms with E-state index in [1.165, 1.54) is 0 Å².